The van der Waals surface area contributed by atoms with Crippen molar-refractivity contribution in [2.45, 2.75) is 11.4 Å². The summed E-state index contributed by atoms with van der Waals surface area (Å²) >= 11 is 0. The van der Waals surface area contributed by atoms with Crippen LogP contribution in [0.25, 0.3) is 0 Å². The molecule has 0 saturated heterocycles. The van der Waals surface area contributed by atoms with Crippen molar-refractivity contribution in [3.05, 3.63) is 48.3 Å². The number of hydrogen-bond donors (Lipinski definition) is 2. The van der Waals surface area contributed by atoms with E-state index in [2.05, 4.69) is 15.0 Å². The highest BCUT2D eigenvalue weighted by atomic mass is 32.2. The van der Waals surface area contributed by atoms with Crippen LogP contribution in [0.1, 0.15) is 5.69 Å². The van der Waals surface area contributed by atoms with Crippen LogP contribution < -0.4 is 19.5 Å². The molecule has 2 aromatic rings. The first-order chi connectivity index (χ1) is 12.0. The third-order valence-electron chi connectivity index (χ3n) is 3.28. The van der Waals surface area contributed by atoms with E-state index in [0.717, 1.165) is 0 Å². The molecule has 0 atom stereocenters. The summed E-state index contributed by atoms with van der Waals surface area (Å²) < 4.78 is 36.9. The molecule has 0 spiro atoms. The van der Waals surface area contributed by atoms with E-state index in [1.807, 2.05) is 0 Å². The van der Waals surface area contributed by atoms with E-state index < -0.39 is 15.9 Å². The lowest BCUT2D eigenvalue weighted by atomic mass is 10.3. The van der Waals surface area contributed by atoms with E-state index >= 15 is 0 Å². The Morgan fingerprint density at radius 2 is 1.88 bits per heavy atom. The Morgan fingerprint density at radius 1 is 1.12 bits per heavy atom. The normalized spacial score (nSPS) is 11.0. The monoisotopic (exact) mass is 365 g/mol. The number of hydrogen-bond acceptors (Lipinski definition) is 6. The van der Waals surface area contributed by atoms with Gasteiger partial charge in [0.15, 0.2) is 11.5 Å². The Labute approximate surface area is 146 Å². The van der Waals surface area contributed by atoms with Crippen LogP contribution in [0.15, 0.2) is 47.5 Å². The average Bonchev–Trinajstić information content (AvgIpc) is 2.65. The van der Waals surface area contributed by atoms with Crippen LogP contribution in [0.3, 0.4) is 0 Å². The number of benzene rings is 1. The Hall–Kier alpha value is -2.65. The molecule has 25 heavy (non-hydrogen) atoms. The van der Waals surface area contributed by atoms with Crippen molar-refractivity contribution in [2.75, 3.05) is 20.8 Å². The summed E-state index contributed by atoms with van der Waals surface area (Å²) in [6.45, 7) is -0.165. The summed E-state index contributed by atoms with van der Waals surface area (Å²) in [7, 11) is -0.994. The second kappa shape index (κ2) is 8.45. The number of rotatable bonds is 8. The van der Waals surface area contributed by atoms with E-state index in [4.69, 9.17) is 9.47 Å². The molecule has 0 fully saturated rings. The molecule has 1 aromatic carbocycles. The van der Waals surface area contributed by atoms with E-state index in [1.54, 1.807) is 24.4 Å². The molecule has 1 aromatic heterocycles. The summed E-state index contributed by atoms with van der Waals surface area (Å²) in [5, 5.41) is 2.59. The topological polar surface area (TPSA) is 107 Å². The highest BCUT2D eigenvalue weighted by molar-refractivity contribution is 7.89. The summed E-state index contributed by atoms with van der Waals surface area (Å²) in [5.41, 5.74) is 0.679. The first-order valence-electron chi connectivity index (χ1n) is 7.34. The van der Waals surface area contributed by atoms with Gasteiger partial charge in [-0.2, -0.15) is 0 Å². The number of aromatic nitrogens is 1. The fraction of sp³-hybridized carbons (Fsp3) is 0.250. The van der Waals surface area contributed by atoms with Crippen molar-refractivity contribution in [3.8, 4) is 11.5 Å². The maximum absolute atomic E-state index is 12.3. The number of carbonyl (C=O) groups excluding carboxylic acids is 1. The lowest BCUT2D eigenvalue weighted by Crippen LogP contribution is -2.36. The maximum Gasteiger partial charge on any atom is 0.241 e. The summed E-state index contributed by atoms with van der Waals surface area (Å²) in [5.74, 6) is 0.231. The van der Waals surface area contributed by atoms with Crippen LogP contribution in [0, 0.1) is 0 Å². The summed E-state index contributed by atoms with van der Waals surface area (Å²) in [6, 6.07) is 9.50. The molecule has 0 aliphatic rings. The van der Waals surface area contributed by atoms with Crippen LogP contribution in [-0.2, 0) is 21.4 Å². The van der Waals surface area contributed by atoms with Gasteiger partial charge in [-0.25, -0.2) is 13.1 Å². The lowest BCUT2D eigenvalue weighted by molar-refractivity contribution is -0.120. The molecule has 1 amide bonds. The van der Waals surface area contributed by atoms with Gasteiger partial charge in [-0.1, -0.05) is 6.07 Å². The molecule has 0 bridgehead atoms. The molecule has 0 radical (unpaired) electrons. The van der Waals surface area contributed by atoms with Gasteiger partial charge in [0.1, 0.15) is 0 Å². The number of methoxy groups -OCH3 is 2. The Kier molecular flexibility index (Phi) is 6.31. The molecular formula is C16H19N3O5S. The third-order valence-corrected chi connectivity index (χ3v) is 4.68. The predicted octanol–water partition coefficient (Wildman–Crippen LogP) is 0.693. The van der Waals surface area contributed by atoms with Gasteiger partial charge in [0.2, 0.25) is 15.9 Å². The predicted molar refractivity (Wildman–Crippen MR) is 90.8 cm³/mol. The fourth-order valence-electron chi connectivity index (χ4n) is 1.98. The zero-order chi connectivity index (χ0) is 18.3. The number of pyridine rings is 1. The molecule has 2 N–H and O–H groups in total. The van der Waals surface area contributed by atoms with Crippen LogP contribution in [0.2, 0.25) is 0 Å². The molecule has 9 heteroatoms. The zero-order valence-corrected chi connectivity index (χ0v) is 14.7. The van der Waals surface area contributed by atoms with Gasteiger partial charge in [-0.05, 0) is 24.3 Å². The number of carbonyl (C=O) groups is 1. The minimum absolute atomic E-state index is 0.0253. The number of sulfonamides is 1. The van der Waals surface area contributed by atoms with E-state index in [9.17, 15) is 13.2 Å². The molecule has 134 valence electrons. The van der Waals surface area contributed by atoms with Gasteiger partial charge in [0.25, 0.3) is 0 Å². The smallest absolute Gasteiger partial charge is 0.241 e. The van der Waals surface area contributed by atoms with Crippen molar-refractivity contribution in [2.24, 2.45) is 0 Å². The van der Waals surface area contributed by atoms with Crippen molar-refractivity contribution in [1.29, 1.82) is 0 Å². The number of amides is 1. The van der Waals surface area contributed by atoms with Crippen LogP contribution >= 0.6 is 0 Å². The van der Waals surface area contributed by atoms with Crippen molar-refractivity contribution in [1.82, 2.24) is 15.0 Å². The fourth-order valence-corrected chi connectivity index (χ4v) is 2.98. The third kappa shape index (κ3) is 5.16. The highest BCUT2D eigenvalue weighted by Gasteiger charge is 2.18. The second-order valence-electron chi connectivity index (χ2n) is 4.94. The molecule has 0 saturated carbocycles. The van der Waals surface area contributed by atoms with Gasteiger partial charge in [0, 0.05) is 12.3 Å². The first-order valence-corrected chi connectivity index (χ1v) is 8.83. The second-order valence-corrected chi connectivity index (χ2v) is 6.71. The average molecular weight is 365 g/mol. The van der Waals surface area contributed by atoms with E-state index in [0.29, 0.717) is 11.4 Å². The van der Waals surface area contributed by atoms with E-state index in [1.165, 1.54) is 32.4 Å². The van der Waals surface area contributed by atoms with Crippen LogP contribution in [-0.4, -0.2) is 40.1 Å². The van der Waals surface area contributed by atoms with E-state index in [-0.39, 0.29) is 23.7 Å². The molecule has 1 heterocycles. The molecular weight excluding hydrogens is 346 g/mol. The SMILES string of the molecule is COc1ccc(S(=O)(=O)NCC(=O)NCc2ccccn2)cc1OC. The Balaban J connectivity index is 1.95. The highest BCUT2D eigenvalue weighted by Crippen LogP contribution is 2.29. The Bertz CT molecular complexity index is 825. The number of nitrogens with zero attached hydrogens (tertiary/aromatic N) is 1. The molecule has 0 unspecified atom stereocenters. The first kappa shape index (κ1) is 18.7. The molecule has 2 rings (SSSR count). The van der Waals surface area contributed by atoms with Crippen LogP contribution in [0.4, 0.5) is 0 Å². The largest absolute Gasteiger partial charge is 0.493 e. The van der Waals surface area contributed by atoms with Gasteiger partial charge in [0.05, 0.1) is 37.9 Å². The molecule has 0 aliphatic carbocycles. The standard InChI is InChI=1S/C16H19N3O5S/c1-23-14-7-6-13(9-15(14)24-2)25(21,22)19-11-16(20)18-10-12-5-3-4-8-17-12/h3-9,19H,10-11H2,1-2H3,(H,18,20). The summed E-state index contributed by atoms with van der Waals surface area (Å²) in [4.78, 5) is 15.8. The van der Waals surface area contributed by atoms with Gasteiger partial charge in [-0.15, -0.1) is 0 Å². The minimum Gasteiger partial charge on any atom is -0.493 e. The zero-order valence-electron chi connectivity index (χ0n) is 13.9. The minimum atomic E-state index is -3.86. The van der Waals surface area contributed by atoms with Crippen LogP contribution in [0.5, 0.6) is 11.5 Å². The maximum atomic E-state index is 12.3. The molecule has 8 nitrogen and oxygen atoms in total. The van der Waals surface area contributed by atoms with Crippen molar-refractivity contribution in [3.63, 3.8) is 0 Å². The quantitative estimate of drug-likeness (QED) is 0.713. The van der Waals surface area contributed by atoms with Gasteiger partial charge in [-0.3, -0.25) is 9.78 Å². The van der Waals surface area contributed by atoms with Gasteiger partial charge < -0.3 is 14.8 Å². The number of nitrogens with one attached hydrogen (secondary N) is 2. The lowest BCUT2D eigenvalue weighted by Gasteiger charge is -2.11. The molecule has 0 aliphatic heterocycles. The van der Waals surface area contributed by atoms with Gasteiger partial charge >= 0.3 is 0 Å². The number of ether oxygens (including phenoxy) is 2. The van der Waals surface area contributed by atoms with Crippen molar-refractivity contribution >= 4 is 15.9 Å². The Morgan fingerprint density at radius 3 is 2.52 bits per heavy atom. The van der Waals surface area contributed by atoms with Crippen molar-refractivity contribution < 1.29 is 22.7 Å². The summed E-state index contributed by atoms with van der Waals surface area (Å²) in [6.07, 6.45) is 1.61.